The first-order valence-electron chi connectivity index (χ1n) is 9.25. The van der Waals surface area contributed by atoms with Gasteiger partial charge < -0.3 is 9.47 Å². The first-order valence-corrected chi connectivity index (χ1v) is 9.25. The number of rotatable bonds is 5. The first kappa shape index (κ1) is 17.3. The zero-order valence-corrected chi connectivity index (χ0v) is 15.0. The van der Waals surface area contributed by atoms with Crippen LogP contribution in [0.2, 0.25) is 0 Å². The summed E-state index contributed by atoms with van der Waals surface area (Å²) in [6, 6.07) is 16.1. The zero-order chi connectivity index (χ0) is 17.9. The Morgan fingerprint density at radius 3 is 2.73 bits per heavy atom. The second-order valence-corrected chi connectivity index (χ2v) is 6.89. The van der Waals surface area contributed by atoms with Crippen LogP contribution in [0.1, 0.15) is 24.5 Å². The molecule has 26 heavy (non-hydrogen) atoms. The molecule has 136 valence electrons. The van der Waals surface area contributed by atoms with Crippen LogP contribution >= 0.6 is 0 Å². The van der Waals surface area contributed by atoms with E-state index in [1.54, 1.807) is 0 Å². The summed E-state index contributed by atoms with van der Waals surface area (Å²) in [5, 5.41) is 0. The highest BCUT2D eigenvalue weighted by Crippen LogP contribution is 2.35. The van der Waals surface area contributed by atoms with Crippen LogP contribution < -0.4 is 4.74 Å². The van der Waals surface area contributed by atoms with Crippen LogP contribution in [0.15, 0.2) is 54.6 Å². The van der Waals surface area contributed by atoms with Crippen LogP contribution in [0.4, 0.5) is 4.39 Å². The average molecular weight is 353 g/mol. The summed E-state index contributed by atoms with van der Waals surface area (Å²) in [4.78, 5) is 2.48. The maximum atomic E-state index is 14.6. The van der Waals surface area contributed by atoms with Crippen molar-refractivity contribution in [3.8, 4) is 5.75 Å². The number of fused-ring (bicyclic) bond motifs is 2. The van der Waals surface area contributed by atoms with Gasteiger partial charge in [0.15, 0.2) is 0 Å². The Morgan fingerprint density at radius 1 is 1.15 bits per heavy atom. The number of morpholine rings is 1. The Balaban J connectivity index is 1.58. The molecule has 2 bridgehead atoms. The van der Waals surface area contributed by atoms with E-state index >= 15 is 0 Å². The highest BCUT2D eigenvalue weighted by molar-refractivity contribution is 5.69. The number of halogens is 1. The third-order valence-electron chi connectivity index (χ3n) is 5.15. The SMILES string of the molecule is CCOc1ccc(C2=CC3COCC(C2)N3Cc2ccccc2)c(F)c1. The summed E-state index contributed by atoms with van der Waals surface area (Å²) in [6.45, 7) is 4.69. The summed E-state index contributed by atoms with van der Waals surface area (Å²) in [7, 11) is 0. The number of nitrogens with zero attached hydrogens (tertiary/aromatic N) is 1. The lowest BCUT2D eigenvalue weighted by Gasteiger charge is -2.44. The molecular formula is C22H24FNO2. The second-order valence-electron chi connectivity index (χ2n) is 6.89. The van der Waals surface area contributed by atoms with Crippen molar-refractivity contribution in [3.05, 3.63) is 71.6 Å². The largest absolute Gasteiger partial charge is 0.494 e. The highest BCUT2D eigenvalue weighted by atomic mass is 19.1. The Morgan fingerprint density at radius 2 is 2.00 bits per heavy atom. The molecule has 0 aromatic heterocycles. The van der Waals surface area contributed by atoms with Crippen molar-refractivity contribution < 1.29 is 13.9 Å². The van der Waals surface area contributed by atoms with Gasteiger partial charge in [-0.3, -0.25) is 4.90 Å². The minimum Gasteiger partial charge on any atom is -0.494 e. The highest BCUT2D eigenvalue weighted by Gasteiger charge is 2.35. The normalized spacial score (nSPS) is 22.8. The van der Waals surface area contributed by atoms with E-state index in [1.807, 2.05) is 25.1 Å². The number of ether oxygens (including phenoxy) is 2. The van der Waals surface area contributed by atoms with Crippen molar-refractivity contribution in [1.29, 1.82) is 0 Å². The van der Waals surface area contributed by atoms with Gasteiger partial charge in [0.25, 0.3) is 0 Å². The predicted octanol–water partition coefficient (Wildman–Crippen LogP) is 4.28. The molecule has 2 aromatic rings. The van der Waals surface area contributed by atoms with E-state index in [1.165, 1.54) is 11.6 Å². The van der Waals surface area contributed by atoms with Gasteiger partial charge in [0, 0.05) is 24.2 Å². The van der Waals surface area contributed by atoms with E-state index in [9.17, 15) is 4.39 Å². The summed E-state index contributed by atoms with van der Waals surface area (Å²) in [6.07, 6.45) is 2.98. The molecule has 0 aliphatic carbocycles. The quantitative estimate of drug-likeness (QED) is 0.801. The summed E-state index contributed by atoms with van der Waals surface area (Å²) in [5.41, 5.74) is 3.06. The molecule has 0 N–H and O–H groups in total. The van der Waals surface area contributed by atoms with Gasteiger partial charge in [0.05, 0.1) is 25.9 Å². The average Bonchev–Trinajstić information content (AvgIpc) is 2.63. The van der Waals surface area contributed by atoms with Gasteiger partial charge in [-0.1, -0.05) is 36.4 Å². The Kier molecular flexibility index (Phi) is 5.05. The molecule has 1 fully saturated rings. The molecule has 0 spiro atoms. The molecule has 2 aliphatic rings. The van der Waals surface area contributed by atoms with Crippen molar-refractivity contribution in [2.24, 2.45) is 0 Å². The van der Waals surface area contributed by atoms with Crippen LogP contribution in [0.3, 0.4) is 0 Å². The van der Waals surface area contributed by atoms with Crippen LogP contribution in [0.25, 0.3) is 5.57 Å². The number of benzene rings is 2. The lowest BCUT2D eigenvalue weighted by Crippen LogP contribution is -2.53. The molecule has 0 saturated carbocycles. The Labute approximate surface area is 154 Å². The van der Waals surface area contributed by atoms with E-state index in [4.69, 9.17) is 9.47 Å². The van der Waals surface area contributed by atoms with E-state index in [0.29, 0.717) is 31.1 Å². The minimum atomic E-state index is -0.210. The summed E-state index contributed by atoms with van der Waals surface area (Å²) >= 11 is 0. The maximum absolute atomic E-state index is 14.6. The molecular weight excluding hydrogens is 329 g/mol. The second kappa shape index (κ2) is 7.60. The molecule has 2 unspecified atom stereocenters. The lowest BCUT2D eigenvalue weighted by molar-refractivity contribution is -0.0403. The predicted molar refractivity (Wildman–Crippen MR) is 101 cm³/mol. The van der Waals surface area contributed by atoms with Crippen LogP contribution in [-0.4, -0.2) is 36.8 Å². The molecule has 3 nitrogen and oxygen atoms in total. The van der Waals surface area contributed by atoms with Crippen molar-refractivity contribution in [2.75, 3.05) is 19.8 Å². The van der Waals surface area contributed by atoms with E-state index in [-0.39, 0.29) is 17.9 Å². The van der Waals surface area contributed by atoms with Gasteiger partial charge in [-0.2, -0.15) is 0 Å². The smallest absolute Gasteiger partial charge is 0.134 e. The monoisotopic (exact) mass is 353 g/mol. The maximum Gasteiger partial charge on any atom is 0.134 e. The number of hydrogen-bond acceptors (Lipinski definition) is 3. The lowest BCUT2D eigenvalue weighted by atomic mass is 9.89. The van der Waals surface area contributed by atoms with Gasteiger partial charge in [0.2, 0.25) is 0 Å². The van der Waals surface area contributed by atoms with E-state index < -0.39 is 0 Å². The van der Waals surface area contributed by atoms with Crippen LogP contribution in [-0.2, 0) is 11.3 Å². The van der Waals surface area contributed by atoms with E-state index in [0.717, 1.165) is 18.5 Å². The van der Waals surface area contributed by atoms with Gasteiger partial charge in [-0.05, 0) is 36.6 Å². The molecule has 2 aromatic carbocycles. The van der Waals surface area contributed by atoms with Crippen molar-refractivity contribution in [2.45, 2.75) is 32.0 Å². The molecule has 2 heterocycles. The number of hydrogen-bond donors (Lipinski definition) is 0. The van der Waals surface area contributed by atoms with Crippen molar-refractivity contribution >= 4 is 5.57 Å². The van der Waals surface area contributed by atoms with Gasteiger partial charge >= 0.3 is 0 Å². The van der Waals surface area contributed by atoms with Gasteiger partial charge in [-0.25, -0.2) is 4.39 Å². The third kappa shape index (κ3) is 3.53. The summed E-state index contributed by atoms with van der Waals surface area (Å²) < 4.78 is 25.8. The Hall–Kier alpha value is -2.17. The first-order chi connectivity index (χ1) is 12.7. The zero-order valence-electron chi connectivity index (χ0n) is 15.0. The fourth-order valence-electron chi connectivity index (χ4n) is 3.91. The Bertz CT molecular complexity index is 790. The topological polar surface area (TPSA) is 21.7 Å². The third-order valence-corrected chi connectivity index (χ3v) is 5.15. The van der Waals surface area contributed by atoms with E-state index in [2.05, 4.69) is 35.2 Å². The fraction of sp³-hybridized carbons (Fsp3) is 0.364. The molecule has 2 atom stereocenters. The van der Waals surface area contributed by atoms with Gasteiger partial charge in [0.1, 0.15) is 11.6 Å². The van der Waals surface area contributed by atoms with Crippen molar-refractivity contribution in [1.82, 2.24) is 4.90 Å². The molecule has 0 radical (unpaired) electrons. The molecule has 2 aliphatic heterocycles. The van der Waals surface area contributed by atoms with Crippen LogP contribution in [0.5, 0.6) is 5.75 Å². The molecule has 4 rings (SSSR count). The standard InChI is InChI=1S/C22H24FNO2/c1-2-26-20-8-9-21(22(23)12-20)17-10-18-14-25-15-19(11-17)24(18)13-16-6-4-3-5-7-16/h3-10,12,18-19H,2,11,13-15H2,1H3. The minimum absolute atomic E-state index is 0.184. The molecule has 1 saturated heterocycles. The molecule has 0 amide bonds. The fourth-order valence-corrected chi connectivity index (χ4v) is 3.91. The molecule has 4 heteroatoms. The summed E-state index contributed by atoms with van der Waals surface area (Å²) in [5.74, 6) is 0.372. The van der Waals surface area contributed by atoms with Crippen molar-refractivity contribution in [3.63, 3.8) is 0 Å². The van der Waals surface area contributed by atoms with Crippen LogP contribution in [0, 0.1) is 5.82 Å². The van der Waals surface area contributed by atoms with Gasteiger partial charge in [-0.15, -0.1) is 0 Å².